The Morgan fingerprint density at radius 1 is 1.12 bits per heavy atom. The number of esters is 2. The van der Waals surface area contributed by atoms with Crippen LogP contribution in [0.3, 0.4) is 0 Å². The molecule has 0 aromatic heterocycles. The van der Waals surface area contributed by atoms with Crippen molar-refractivity contribution in [2.24, 2.45) is 0 Å². The van der Waals surface area contributed by atoms with Crippen molar-refractivity contribution in [3.05, 3.63) is 60.7 Å². The van der Waals surface area contributed by atoms with Crippen molar-refractivity contribution in [1.29, 1.82) is 0 Å². The maximum absolute atomic E-state index is 10.5. The molecule has 0 spiro atoms. The van der Waals surface area contributed by atoms with E-state index in [9.17, 15) is 9.59 Å². The van der Waals surface area contributed by atoms with Gasteiger partial charge in [0.2, 0.25) is 0 Å². The third kappa shape index (κ3) is 13.3. The zero-order valence-corrected chi connectivity index (χ0v) is 14.9. The molecule has 0 aliphatic rings. The summed E-state index contributed by atoms with van der Waals surface area (Å²) in [5.41, 5.74) is 1.56. The monoisotopic (exact) mass is 350 g/mol. The molecule has 25 heavy (non-hydrogen) atoms. The van der Waals surface area contributed by atoms with Crippen LogP contribution in [-0.4, -0.2) is 42.5 Å². The van der Waals surface area contributed by atoms with Gasteiger partial charge in [-0.25, -0.2) is 9.59 Å². The molecule has 0 amide bonds. The number of phenols is 1. The van der Waals surface area contributed by atoms with E-state index >= 15 is 0 Å². The lowest BCUT2D eigenvalue weighted by Crippen LogP contribution is -2.08. The molecule has 0 saturated heterocycles. The summed E-state index contributed by atoms with van der Waals surface area (Å²) in [5, 5.41) is 17.2. The van der Waals surface area contributed by atoms with E-state index in [0.29, 0.717) is 11.1 Å². The largest absolute Gasteiger partial charge is 0.507 e. The summed E-state index contributed by atoms with van der Waals surface area (Å²) in [6, 6.07) is 7.08. The zero-order valence-electron chi connectivity index (χ0n) is 14.9. The van der Waals surface area contributed by atoms with Crippen LogP contribution in [0.15, 0.2) is 55.1 Å². The van der Waals surface area contributed by atoms with Crippen molar-refractivity contribution >= 4 is 18.0 Å². The molecule has 0 heterocycles. The second kappa shape index (κ2) is 14.7. The van der Waals surface area contributed by atoms with Crippen LogP contribution in [0.1, 0.15) is 19.4 Å². The number of aromatic hydroxyl groups is 1. The van der Waals surface area contributed by atoms with Gasteiger partial charge in [-0.05, 0) is 19.9 Å². The Morgan fingerprint density at radius 2 is 1.64 bits per heavy atom. The van der Waals surface area contributed by atoms with Crippen LogP contribution in [0.25, 0.3) is 6.08 Å². The van der Waals surface area contributed by atoms with Crippen LogP contribution in [0.4, 0.5) is 0 Å². The van der Waals surface area contributed by atoms with Gasteiger partial charge in [-0.15, -0.1) is 0 Å². The first kappa shape index (κ1) is 24.4. The number of phenolic OH excluding ortho intramolecular Hbond substituents is 1. The highest BCUT2D eigenvalue weighted by Gasteiger charge is 1.99. The molecule has 0 unspecified atom stereocenters. The maximum Gasteiger partial charge on any atom is 0.333 e. The predicted octanol–water partition coefficient (Wildman–Crippen LogP) is 2.87. The Morgan fingerprint density at radius 3 is 1.92 bits per heavy atom. The lowest BCUT2D eigenvalue weighted by molar-refractivity contribution is -0.140. The second-order valence-electron chi connectivity index (χ2n) is 4.67. The van der Waals surface area contributed by atoms with Gasteiger partial charge in [0.1, 0.15) is 12.4 Å². The molecule has 0 atom stereocenters. The number of aliphatic hydroxyl groups excluding tert-OH is 1. The SMILES string of the molecule is C=C(C)C(=O)OC.C=C(C)C(=O)OCCO.C=Cc1ccccc1O. The summed E-state index contributed by atoms with van der Waals surface area (Å²) in [5.74, 6) is -0.517. The number of benzene rings is 1. The first-order chi connectivity index (χ1) is 11.7. The van der Waals surface area contributed by atoms with Crippen LogP contribution < -0.4 is 0 Å². The standard InChI is InChI=1S/C8H8O.C6H10O3.C5H8O2/c1-2-7-5-3-4-6-8(7)9;1-5(2)6(8)9-4-3-7;1-4(2)5(6)7-3/h2-6,9H,1H2;7H,1,3-4H2,2H3;1H2,2-3H3. The predicted molar refractivity (Wildman–Crippen MR) is 97.9 cm³/mol. The summed E-state index contributed by atoms with van der Waals surface area (Å²) >= 11 is 0. The van der Waals surface area contributed by atoms with E-state index < -0.39 is 5.97 Å². The quantitative estimate of drug-likeness (QED) is 0.626. The van der Waals surface area contributed by atoms with Gasteiger partial charge in [0.15, 0.2) is 0 Å². The van der Waals surface area contributed by atoms with Crippen molar-refractivity contribution < 1.29 is 29.3 Å². The lowest BCUT2D eigenvalue weighted by Gasteiger charge is -1.99. The molecular formula is C19H26O6. The second-order valence-corrected chi connectivity index (χ2v) is 4.67. The van der Waals surface area contributed by atoms with E-state index in [4.69, 9.17) is 10.2 Å². The molecule has 6 heteroatoms. The number of hydrogen-bond acceptors (Lipinski definition) is 6. The van der Waals surface area contributed by atoms with Crippen molar-refractivity contribution in [1.82, 2.24) is 0 Å². The van der Waals surface area contributed by atoms with Crippen LogP contribution in [0.5, 0.6) is 5.75 Å². The fourth-order valence-corrected chi connectivity index (χ4v) is 1.10. The maximum atomic E-state index is 10.5. The van der Waals surface area contributed by atoms with Crippen molar-refractivity contribution in [2.45, 2.75) is 13.8 Å². The first-order valence-electron chi connectivity index (χ1n) is 7.28. The molecule has 138 valence electrons. The summed E-state index contributed by atoms with van der Waals surface area (Å²) < 4.78 is 8.74. The van der Waals surface area contributed by atoms with E-state index in [-0.39, 0.29) is 24.9 Å². The number of aliphatic hydroxyl groups is 1. The smallest absolute Gasteiger partial charge is 0.333 e. The van der Waals surface area contributed by atoms with Gasteiger partial charge in [-0.2, -0.15) is 0 Å². The number of hydrogen-bond donors (Lipinski definition) is 2. The molecule has 1 aromatic carbocycles. The highest BCUT2D eigenvalue weighted by molar-refractivity contribution is 5.87. The lowest BCUT2D eigenvalue weighted by atomic mass is 10.2. The molecule has 0 aliphatic heterocycles. The van der Waals surface area contributed by atoms with Crippen molar-refractivity contribution in [3.63, 3.8) is 0 Å². The molecule has 0 fully saturated rings. The van der Waals surface area contributed by atoms with E-state index in [0.717, 1.165) is 5.56 Å². The minimum absolute atomic E-state index is 0.0473. The number of rotatable bonds is 5. The zero-order chi connectivity index (χ0) is 19.8. The highest BCUT2D eigenvalue weighted by atomic mass is 16.5. The van der Waals surface area contributed by atoms with Gasteiger partial charge in [-0.1, -0.05) is 44.0 Å². The average Bonchev–Trinajstić information content (AvgIpc) is 2.60. The van der Waals surface area contributed by atoms with Crippen molar-refractivity contribution in [3.8, 4) is 5.75 Å². The van der Waals surface area contributed by atoms with Crippen LogP contribution in [0.2, 0.25) is 0 Å². The number of carbonyl (C=O) groups is 2. The molecule has 1 rings (SSSR count). The fraction of sp³-hybridized carbons (Fsp3) is 0.263. The molecule has 2 N–H and O–H groups in total. The Balaban J connectivity index is 0. The van der Waals surface area contributed by atoms with Gasteiger partial charge < -0.3 is 19.7 Å². The minimum atomic E-state index is -0.455. The number of methoxy groups -OCH3 is 1. The Bertz CT molecular complexity index is 589. The van der Waals surface area contributed by atoms with E-state index in [1.807, 2.05) is 12.1 Å². The van der Waals surface area contributed by atoms with Crippen LogP contribution in [-0.2, 0) is 19.1 Å². The van der Waals surface area contributed by atoms with Gasteiger partial charge in [0.05, 0.1) is 13.7 Å². The third-order valence-corrected chi connectivity index (χ3v) is 2.36. The molecular weight excluding hydrogens is 324 g/mol. The summed E-state index contributed by atoms with van der Waals surface area (Å²) in [6.45, 7) is 13.3. The number of para-hydroxylation sites is 1. The molecule has 0 bridgehead atoms. The molecule has 1 aromatic rings. The summed E-state index contributed by atoms with van der Waals surface area (Å²) in [6.07, 6.45) is 1.62. The number of ether oxygens (including phenoxy) is 2. The fourth-order valence-electron chi connectivity index (χ4n) is 1.10. The highest BCUT2D eigenvalue weighted by Crippen LogP contribution is 2.15. The Labute approximate surface area is 148 Å². The van der Waals surface area contributed by atoms with Gasteiger partial charge in [0, 0.05) is 16.7 Å². The summed E-state index contributed by atoms with van der Waals surface area (Å²) in [4.78, 5) is 20.7. The van der Waals surface area contributed by atoms with E-state index in [1.54, 1.807) is 32.1 Å². The molecule has 0 radical (unpaired) electrons. The minimum Gasteiger partial charge on any atom is -0.507 e. The Hall–Kier alpha value is -2.86. The topological polar surface area (TPSA) is 93.1 Å². The van der Waals surface area contributed by atoms with Crippen LogP contribution in [0, 0.1) is 0 Å². The van der Waals surface area contributed by atoms with Gasteiger partial charge >= 0.3 is 11.9 Å². The average molecular weight is 350 g/mol. The van der Waals surface area contributed by atoms with Crippen molar-refractivity contribution in [2.75, 3.05) is 20.3 Å². The molecule has 0 aliphatic carbocycles. The number of carbonyl (C=O) groups excluding carboxylic acids is 2. The molecule has 0 saturated carbocycles. The van der Waals surface area contributed by atoms with Gasteiger partial charge in [-0.3, -0.25) is 0 Å². The van der Waals surface area contributed by atoms with E-state index in [2.05, 4.69) is 29.2 Å². The first-order valence-corrected chi connectivity index (χ1v) is 7.28. The van der Waals surface area contributed by atoms with Crippen LogP contribution >= 0.6 is 0 Å². The third-order valence-electron chi connectivity index (χ3n) is 2.36. The molecule has 6 nitrogen and oxygen atoms in total. The van der Waals surface area contributed by atoms with Gasteiger partial charge in [0.25, 0.3) is 0 Å². The Kier molecular flexibility index (Phi) is 14.4. The summed E-state index contributed by atoms with van der Waals surface area (Å²) in [7, 11) is 1.33. The van der Waals surface area contributed by atoms with E-state index in [1.165, 1.54) is 7.11 Å². The normalized spacial score (nSPS) is 8.48.